The number of anilines is 1. The maximum atomic E-state index is 14.0. The molecule has 12 nitrogen and oxygen atoms in total. The Labute approximate surface area is 256 Å². The highest BCUT2D eigenvalue weighted by Gasteiger charge is 2.75. The molecule has 3 aliphatic carbocycles. The smallest absolute Gasteiger partial charge is 0.339 e. The minimum Gasteiger partial charge on any atom is -0.506 e. The van der Waals surface area contributed by atoms with Crippen molar-refractivity contribution in [3.8, 4) is 11.5 Å². The van der Waals surface area contributed by atoms with Crippen LogP contribution in [0.3, 0.4) is 0 Å². The molecule has 0 radical (unpaired) electrons. The second kappa shape index (κ2) is 10.3. The summed E-state index contributed by atoms with van der Waals surface area (Å²) in [7, 11) is 0. The maximum absolute atomic E-state index is 14.0. The van der Waals surface area contributed by atoms with Crippen LogP contribution in [0.1, 0.15) is 73.1 Å². The van der Waals surface area contributed by atoms with Gasteiger partial charge in [-0.1, -0.05) is 18.7 Å². The van der Waals surface area contributed by atoms with Crippen LogP contribution >= 0.6 is 11.8 Å². The van der Waals surface area contributed by atoms with Crippen molar-refractivity contribution in [3.05, 3.63) is 57.6 Å². The number of hydrogen-bond donors (Lipinski definition) is 4. The second-order valence-electron chi connectivity index (χ2n) is 12.9. The zero-order valence-electron chi connectivity index (χ0n) is 24.1. The molecule has 2 aromatic carbocycles. The number of ketones is 1. The molecule has 2 aromatic rings. The average molecular weight is 625 g/mol. The van der Waals surface area contributed by atoms with E-state index in [1.165, 1.54) is 24.3 Å². The molecule has 1 amide bonds. The molecule has 3 saturated carbocycles. The molecule has 5 aliphatic rings. The van der Waals surface area contributed by atoms with E-state index in [1.54, 1.807) is 0 Å². The van der Waals surface area contributed by atoms with Crippen LogP contribution in [0, 0.1) is 32.8 Å². The molecule has 13 heteroatoms. The molecular weight excluding hydrogens is 592 g/mol. The summed E-state index contributed by atoms with van der Waals surface area (Å²) in [4.78, 5) is 62.4. The Kier molecular flexibility index (Phi) is 7.04. The van der Waals surface area contributed by atoms with E-state index in [0.717, 1.165) is 36.7 Å². The number of ether oxygens (including phenoxy) is 1. The lowest BCUT2D eigenvalue weighted by Gasteiger charge is -2.60. The molecule has 2 saturated heterocycles. The minimum atomic E-state index is -1.43. The Hall–Kier alpha value is -3.97. The van der Waals surface area contributed by atoms with Gasteiger partial charge in [-0.05, 0) is 68.2 Å². The Bertz CT molecular complexity index is 1610. The van der Waals surface area contributed by atoms with Crippen LogP contribution in [0.2, 0.25) is 0 Å². The summed E-state index contributed by atoms with van der Waals surface area (Å²) in [6.45, 7) is 3.94. The average Bonchev–Trinajstić information content (AvgIpc) is 3.34. The number of nitrogens with one attached hydrogen (secondary N) is 1. The number of carboxylic acids is 1. The summed E-state index contributed by atoms with van der Waals surface area (Å²) in [6.07, 6.45) is 2.16. The van der Waals surface area contributed by atoms with Crippen LogP contribution < -0.4 is 5.32 Å². The Morgan fingerprint density at radius 2 is 1.84 bits per heavy atom. The number of aromatic carboxylic acids is 1. The maximum Gasteiger partial charge on any atom is 0.339 e. The first-order chi connectivity index (χ1) is 20.7. The number of non-ortho nitro benzene ring substituents is 1. The predicted molar refractivity (Wildman–Crippen MR) is 158 cm³/mol. The summed E-state index contributed by atoms with van der Waals surface area (Å²) in [5.74, 6) is -3.36. The number of Topliss-reactive ketones (excluding diaryl/α,β-unsaturated/α-hetero) is 1. The first kappa shape index (κ1) is 30.1. The van der Waals surface area contributed by atoms with Crippen molar-refractivity contribution >= 4 is 45.9 Å². The third-order valence-electron chi connectivity index (χ3n) is 10.5. The van der Waals surface area contributed by atoms with Crippen LogP contribution in [0.25, 0.3) is 0 Å². The van der Waals surface area contributed by atoms with Gasteiger partial charge in [0, 0.05) is 47.1 Å². The molecule has 2 heterocycles. The van der Waals surface area contributed by atoms with Crippen LogP contribution in [0.4, 0.5) is 11.4 Å². The van der Waals surface area contributed by atoms with Crippen LogP contribution in [-0.2, 0) is 14.3 Å². The van der Waals surface area contributed by atoms with Gasteiger partial charge < -0.3 is 25.4 Å². The molecule has 5 fully saturated rings. The minimum absolute atomic E-state index is 0.0870. The lowest BCUT2D eigenvalue weighted by Crippen LogP contribution is -2.63. The zero-order chi connectivity index (χ0) is 31.8. The highest BCUT2D eigenvalue weighted by Crippen LogP contribution is 2.74. The highest BCUT2D eigenvalue weighted by molar-refractivity contribution is 8.14. The van der Waals surface area contributed by atoms with E-state index in [1.807, 2.05) is 6.92 Å². The first-order valence-electron chi connectivity index (χ1n) is 14.4. The van der Waals surface area contributed by atoms with Crippen molar-refractivity contribution in [2.45, 2.75) is 69.3 Å². The van der Waals surface area contributed by atoms with Gasteiger partial charge >= 0.3 is 5.97 Å². The molecule has 4 bridgehead atoms. The molecule has 7 atom stereocenters. The van der Waals surface area contributed by atoms with Crippen molar-refractivity contribution < 1.29 is 44.2 Å². The number of carboxylic acid groups (broad SMARTS) is 1. The number of amides is 1. The summed E-state index contributed by atoms with van der Waals surface area (Å²) in [5.41, 5.74) is -2.41. The van der Waals surface area contributed by atoms with Crippen molar-refractivity contribution in [1.82, 2.24) is 0 Å². The number of rotatable bonds is 8. The van der Waals surface area contributed by atoms with Crippen molar-refractivity contribution in [2.24, 2.45) is 22.7 Å². The number of nitro groups is 1. The summed E-state index contributed by atoms with van der Waals surface area (Å²) in [5, 5.41) is 42.6. The lowest BCUT2D eigenvalue weighted by molar-refractivity contribution is -0.384. The molecule has 1 spiro atoms. The topological polar surface area (TPSA) is 193 Å². The van der Waals surface area contributed by atoms with Crippen molar-refractivity contribution in [1.29, 1.82) is 0 Å². The number of nitrogens with zero attached hydrogens (tertiary/aromatic N) is 1. The van der Waals surface area contributed by atoms with Crippen LogP contribution in [-0.4, -0.2) is 60.0 Å². The van der Waals surface area contributed by atoms with E-state index in [-0.39, 0.29) is 64.6 Å². The van der Waals surface area contributed by atoms with Gasteiger partial charge in [-0.15, -0.1) is 0 Å². The van der Waals surface area contributed by atoms with E-state index in [4.69, 9.17) is 4.74 Å². The van der Waals surface area contributed by atoms with E-state index in [0.29, 0.717) is 12.0 Å². The van der Waals surface area contributed by atoms with Gasteiger partial charge in [0.2, 0.25) is 11.0 Å². The largest absolute Gasteiger partial charge is 0.506 e. The molecule has 0 aromatic heterocycles. The van der Waals surface area contributed by atoms with E-state index in [9.17, 15) is 44.6 Å². The Balaban J connectivity index is 1.24. The molecule has 232 valence electrons. The van der Waals surface area contributed by atoms with Gasteiger partial charge in [-0.2, -0.15) is 0 Å². The number of aromatic hydroxyl groups is 2. The van der Waals surface area contributed by atoms with Crippen molar-refractivity contribution in [2.75, 3.05) is 5.32 Å². The SMILES string of the molecule is C[C@]12C[C@]34C[C@@H]1C[C@H](O2)[C@H]3[C@](C)(CCC(=O)Nc1c(O)ccc(C(=O)O)c1O)C(=O)C[C@@H]4SC(=O)c1ccc([N+](=O)[O-])cc1. The summed E-state index contributed by atoms with van der Waals surface area (Å²) < 4.78 is 6.56. The molecule has 4 N–H and O–H groups in total. The van der Waals surface area contributed by atoms with Gasteiger partial charge in [0.05, 0.1) is 16.6 Å². The van der Waals surface area contributed by atoms with Crippen LogP contribution in [0.5, 0.6) is 11.5 Å². The number of nitro benzene ring substituents is 1. The normalized spacial score (nSPS) is 33.2. The predicted octanol–water partition coefficient (Wildman–Crippen LogP) is 4.92. The van der Waals surface area contributed by atoms with Gasteiger partial charge in [-0.25, -0.2) is 4.79 Å². The van der Waals surface area contributed by atoms with Gasteiger partial charge in [-0.3, -0.25) is 24.5 Å². The molecule has 7 rings (SSSR count). The standard InChI is InChI=1S/C31H32N2O10S/c1-29(10-9-23(36)32-24-19(34)8-7-18(25(24)37)27(38)39)21(35)12-22(44-28(40)15-3-5-17(6-4-15)33(41)42)31-13-16-11-20(26(29)31)43-30(16,2)14-31/h3-8,16,20,22,26,34,37H,9-14H2,1-2H3,(H,32,36)(H,38,39)/t16-,20-,22-,26-,29+,30-,31-/m0/s1. The second-order valence-corrected chi connectivity index (χ2v) is 14.1. The number of phenolic OH excluding ortho intramolecular Hbond substituents is 1. The van der Waals surface area contributed by atoms with Gasteiger partial charge in [0.15, 0.2) is 5.75 Å². The molecule has 0 unspecified atom stereocenters. The van der Waals surface area contributed by atoms with Crippen molar-refractivity contribution in [3.63, 3.8) is 0 Å². The van der Waals surface area contributed by atoms with Crippen LogP contribution in [0.15, 0.2) is 36.4 Å². The number of carbonyl (C=O) groups excluding carboxylic acids is 3. The zero-order valence-corrected chi connectivity index (χ0v) is 24.9. The first-order valence-corrected chi connectivity index (χ1v) is 15.3. The molecule has 44 heavy (non-hydrogen) atoms. The quantitative estimate of drug-likeness (QED) is 0.177. The van der Waals surface area contributed by atoms with E-state index in [2.05, 4.69) is 12.2 Å². The van der Waals surface area contributed by atoms with E-state index >= 15 is 0 Å². The number of benzene rings is 2. The lowest BCUT2D eigenvalue weighted by atomic mass is 9.48. The van der Waals surface area contributed by atoms with Gasteiger partial charge in [0.1, 0.15) is 22.8 Å². The monoisotopic (exact) mass is 624 g/mol. The summed E-state index contributed by atoms with van der Waals surface area (Å²) >= 11 is 1.11. The molecule has 2 aliphatic heterocycles. The fourth-order valence-electron chi connectivity index (χ4n) is 8.59. The Morgan fingerprint density at radius 3 is 2.48 bits per heavy atom. The molecular formula is C31H32N2O10S. The number of hydrogen-bond acceptors (Lipinski definition) is 10. The third kappa shape index (κ3) is 4.55. The third-order valence-corrected chi connectivity index (χ3v) is 11.9. The Morgan fingerprint density at radius 1 is 1.14 bits per heavy atom. The number of carbonyl (C=O) groups is 4. The highest BCUT2D eigenvalue weighted by atomic mass is 32.2. The van der Waals surface area contributed by atoms with Gasteiger partial charge in [0.25, 0.3) is 5.69 Å². The summed E-state index contributed by atoms with van der Waals surface area (Å²) in [6, 6.07) is 7.52. The number of thioether (sulfide) groups is 1. The number of phenols is 2. The van der Waals surface area contributed by atoms with E-state index < -0.39 is 50.4 Å². The fourth-order valence-corrected chi connectivity index (χ4v) is 9.92. The fraction of sp³-hybridized carbons (Fsp3) is 0.484.